The largest absolute Gasteiger partial charge is 0.508 e. The second kappa shape index (κ2) is 8.86. The maximum Gasteiger partial charge on any atom is 0.417 e. The van der Waals surface area contributed by atoms with Crippen molar-refractivity contribution in [3.63, 3.8) is 0 Å². The van der Waals surface area contributed by atoms with Crippen LogP contribution < -0.4 is 0 Å². The quantitative estimate of drug-likeness (QED) is 0.269. The number of hydrogen-bond acceptors (Lipinski definition) is 3. The monoisotopic (exact) mass is 518 g/mol. The first kappa shape index (κ1) is 24.7. The molecule has 1 saturated carbocycles. The summed E-state index contributed by atoms with van der Waals surface area (Å²) in [5.41, 5.74) is -3.35. The molecule has 0 saturated heterocycles. The molecule has 3 aromatic carbocycles. The lowest BCUT2D eigenvalue weighted by Gasteiger charge is -2.28. The van der Waals surface area contributed by atoms with Gasteiger partial charge in [-0.05, 0) is 79.4 Å². The van der Waals surface area contributed by atoms with Crippen LogP contribution in [0.1, 0.15) is 36.4 Å². The van der Waals surface area contributed by atoms with Crippen molar-refractivity contribution in [2.75, 3.05) is 0 Å². The van der Waals surface area contributed by atoms with E-state index >= 15 is 0 Å². The highest BCUT2D eigenvalue weighted by atomic mass is 19.4. The van der Waals surface area contributed by atoms with E-state index in [0.717, 1.165) is 18.6 Å². The molecule has 0 radical (unpaired) electrons. The molecule has 0 spiro atoms. The number of alkyl halides is 6. The molecule has 4 nitrogen and oxygen atoms in total. The maximum atomic E-state index is 14.3. The average Bonchev–Trinajstić information content (AvgIpc) is 3.17. The van der Waals surface area contributed by atoms with Crippen molar-refractivity contribution >= 4 is 0 Å². The van der Waals surface area contributed by atoms with Crippen LogP contribution in [-0.4, -0.2) is 20.0 Å². The lowest BCUT2D eigenvalue weighted by molar-refractivity contribution is -0.161. The van der Waals surface area contributed by atoms with E-state index in [-0.39, 0.29) is 34.5 Å². The standard InChI is InChI=1S/C27H20F6N2O2/c28-26(29,30)21-6-2-5-20(23(21)27(31,32)33)22-24(15-7-11-18(36)12-8-15)34-35(17-3-1-4-17)25(22)16-9-13-19(37)14-10-16/h2,5-14,17,36-37H,1,3-4H2. The number of phenols is 2. The number of aromatic hydroxyl groups is 2. The number of benzene rings is 3. The predicted molar refractivity (Wildman–Crippen MR) is 125 cm³/mol. The molecule has 37 heavy (non-hydrogen) atoms. The molecule has 192 valence electrons. The van der Waals surface area contributed by atoms with Crippen LogP contribution in [-0.2, 0) is 12.4 Å². The molecule has 4 aromatic rings. The van der Waals surface area contributed by atoms with Gasteiger partial charge >= 0.3 is 12.4 Å². The van der Waals surface area contributed by atoms with Crippen LogP contribution in [0.3, 0.4) is 0 Å². The summed E-state index contributed by atoms with van der Waals surface area (Å²) >= 11 is 0. The lowest BCUT2D eigenvalue weighted by atomic mass is 9.88. The van der Waals surface area contributed by atoms with E-state index in [2.05, 4.69) is 5.10 Å². The van der Waals surface area contributed by atoms with Crippen molar-refractivity contribution in [1.82, 2.24) is 9.78 Å². The maximum absolute atomic E-state index is 14.3. The third-order valence-corrected chi connectivity index (χ3v) is 6.54. The van der Waals surface area contributed by atoms with Crippen LogP contribution in [0.2, 0.25) is 0 Å². The van der Waals surface area contributed by atoms with Gasteiger partial charge in [-0.1, -0.05) is 12.1 Å². The van der Waals surface area contributed by atoms with Gasteiger partial charge in [0.1, 0.15) is 17.2 Å². The summed E-state index contributed by atoms with van der Waals surface area (Å²) in [7, 11) is 0. The average molecular weight is 518 g/mol. The molecule has 0 atom stereocenters. The fourth-order valence-electron chi connectivity index (χ4n) is 4.60. The smallest absolute Gasteiger partial charge is 0.417 e. The molecular weight excluding hydrogens is 498 g/mol. The Hall–Kier alpha value is -3.95. The Kier molecular flexibility index (Phi) is 5.92. The Balaban J connectivity index is 1.92. The van der Waals surface area contributed by atoms with E-state index in [1.807, 2.05) is 0 Å². The SMILES string of the molecule is Oc1ccc(-c2nn(C3CCC3)c(-c3ccc(O)cc3)c2-c2cccc(C(F)(F)F)c2C(F)(F)F)cc1. The van der Waals surface area contributed by atoms with E-state index in [1.54, 1.807) is 4.68 Å². The van der Waals surface area contributed by atoms with Gasteiger partial charge in [0.05, 0.1) is 22.9 Å². The Bertz CT molecular complexity index is 1430. The Morgan fingerprint density at radius 2 is 1.30 bits per heavy atom. The molecule has 1 aromatic heterocycles. The van der Waals surface area contributed by atoms with Crippen molar-refractivity contribution in [3.05, 3.63) is 77.9 Å². The van der Waals surface area contributed by atoms with Crippen LogP contribution in [0.15, 0.2) is 66.7 Å². The minimum atomic E-state index is -5.32. The van der Waals surface area contributed by atoms with Gasteiger partial charge in [0, 0.05) is 16.7 Å². The molecule has 1 aliphatic carbocycles. The first-order chi connectivity index (χ1) is 17.4. The van der Waals surface area contributed by atoms with Gasteiger partial charge in [-0.3, -0.25) is 4.68 Å². The molecule has 2 N–H and O–H groups in total. The summed E-state index contributed by atoms with van der Waals surface area (Å²) in [6.07, 6.45) is -8.28. The highest BCUT2D eigenvalue weighted by Crippen LogP contribution is 2.51. The summed E-state index contributed by atoms with van der Waals surface area (Å²) in [5.74, 6) is -0.161. The molecule has 0 amide bonds. The number of phenolic OH excluding ortho intramolecular Hbond substituents is 2. The zero-order valence-electron chi connectivity index (χ0n) is 19.1. The Morgan fingerprint density at radius 3 is 1.78 bits per heavy atom. The Morgan fingerprint density at radius 1 is 0.730 bits per heavy atom. The first-order valence-corrected chi connectivity index (χ1v) is 11.4. The van der Waals surface area contributed by atoms with Crippen LogP contribution in [0.5, 0.6) is 11.5 Å². The van der Waals surface area contributed by atoms with Crippen molar-refractivity contribution in [3.8, 4) is 45.1 Å². The summed E-state index contributed by atoms with van der Waals surface area (Å²) in [6, 6.07) is 13.5. The summed E-state index contributed by atoms with van der Waals surface area (Å²) in [5, 5.41) is 24.2. The normalized spacial score (nSPS) is 14.5. The second-order valence-electron chi connectivity index (χ2n) is 8.92. The van der Waals surface area contributed by atoms with Gasteiger partial charge in [0.15, 0.2) is 0 Å². The molecule has 0 aliphatic heterocycles. The summed E-state index contributed by atoms with van der Waals surface area (Å²) in [6.45, 7) is 0. The van der Waals surface area contributed by atoms with Gasteiger partial charge in [0.25, 0.3) is 0 Å². The third kappa shape index (κ3) is 4.52. The van der Waals surface area contributed by atoms with Crippen molar-refractivity contribution < 1.29 is 36.6 Å². The fraction of sp³-hybridized carbons (Fsp3) is 0.222. The zero-order valence-corrected chi connectivity index (χ0v) is 19.1. The minimum Gasteiger partial charge on any atom is -0.508 e. The number of nitrogens with zero attached hydrogens (tertiary/aromatic N) is 2. The molecule has 1 fully saturated rings. The fourth-order valence-corrected chi connectivity index (χ4v) is 4.60. The molecule has 1 aliphatic rings. The van der Waals surface area contributed by atoms with Gasteiger partial charge in [0.2, 0.25) is 0 Å². The molecule has 10 heteroatoms. The van der Waals surface area contributed by atoms with Crippen molar-refractivity contribution in [1.29, 1.82) is 0 Å². The zero-order chi connectivity index (χ0) is 26.5. The summed E-state index contributed by atoms with van der Waals surface area (Å²) in [4.78, 5) is 0. The topological polar surface area (TPSA) is 58.3 Å². The second-order valence-corrected chi connectivity index (χ2v) is 8.92. The van der Waals surface area contributed by atoms with E-state index in [1.165, 1.54) is 48.5 Å². The van der Waals surface area contributed by atoms with Crippen molar-refractivity contribution in [2.45, 2.75) is 37.7 Å². The minimum absolute atomic E-state index is 0.0554. The van der Waals surface area contributed by atoms with Crippen LogP contribution in [0.25, 0.3) is 33.6 Å². The van der Waals surface area contributed by atoms with Crippen LogP contribution in [0.4, 0.5) is 26.3 Å². The molecule has 0 bridgehead atoms. The van der Waals surface area contributed by atoms with E-state index < -0.39 is 29.0 Å². The number of halogens is 6. The van der Waals surface area contributed by atoms with Gasteiger partial charge in [-0.2, -0.15) is 31.4 Å². The highest BCUT2D eigenvalue weighted by molar-refractivity contribution is 5.93. The predicted octanol–water partition coefficient (Wildman–Crippen LogP) is 8.06. The van der Waals surface area contributed by atoms with Crippen molar-refractivity contribution in [2.24, 2.45) is 0 Å². The Labute approximate surface area is 207 Å². The van der Waals surface area contributed by atoms with Crippen LogP contribution >= 0.6 is 0 Å². The van der Waals surface area contributed by atoms with Gasteiger partial charge in [-0.25, -0.2) is 0 Å². The lowest BCUT2D eigenvalue weighted by Crippen LogP contribution is -2.19. The van der Waals surface area contributed by atoms with Gasteiger partial charge in [-0.15, -0.1) is 0 Å². The number of aromatic nitrogens is 2. The molecule has 1 heterocycles. The molecule has 5 rings (SSSR count). The highest BCUT2D eigenvalue weighted by Gasteiger charge is 2.46. The van der Waals surface area contributed by atoms with E-state index in [0.29, 0.717) is 30.0 Å². The van der Waals surface area contributed by atoms with E-state index in [4.69, 9.17) is 0 Å². The summed E-state index contributed by atoms with van der Waals surface area (Å²) < 4.78 is 86.1. The third-order valence-electron chi connectivity index (χ3n) is 6.54. The molecular formula is C27H20F6N2O2. The van der Waals surface area contributed by atoms with Crippen LogP contribution in [0, 0.1) is 0 Å². The number of hydrogen-bond donors (Lipinski definition) is 2. The van der Waals surface area contributed by atoms with Gasteiger partial charge < -0.3 is 10.2 Å². The number of rotatable bonds is 4. The van der Waals surface area contributed by atoms with E-state index in [9.17, 15) is 36.6 Å². The molecule has 0 unspecified atom stereocenters. The first-order valence-electron chi connectivity index (χ1n) is 11.4.